The fourth-order valence-corrected chi connectivity index (χ4v) is 4.94. The Morgan fingerprint density at radius 2 is 1.54 bits per heavy atom. The quantitative estimate of drug-likeness (QED) is 0.112. The molecule has 2 N–H and O–H groups in total. The third-order valence-corrected chi connectivity index (χ3v) is 7.15. The molecule has 0 saturated heterocycles. The van der Waals surface area contributed by atoms with Gasteiger partial charge in [0.05, 0.1) is 11.5 Å². The number of amides is 1. The van der Waals surface area contributed by atoms with E-state index in [1.807, 2.05) is 24.3 Å². The van der Waals surface area contributed by atoms with Crippen molar-refractivity contribution in [1.29, 1.82) is 0 Å². The summed E-state index contributed by atoms with van der Waals surface area (Å²) in [4.78, 5) is 13.9. The van der Waals surface area contributed by atoms with Gasteiger partial charge in [-0.15, -0.1) is 11.8 Å². The SMILES string of the molecule is CCCCCCCCCn1c(O)cc(SCCN(C=O)c2ccc(OCCCCCC)cc2)c1O. The summed E-state index contributed by atoms with van der Waals surface area (Å²) in [6.45, 7) is 6.22. The number of ether oxygens (including phenoxy) is 1. The minimum Gasteiger partial charge on any atom is -0.494 e. The van der Waals surface area contributed by atoms with Gasteiger partial charge in [-0.3, -0.25) is 9.36 Å². The van der Waals surface area contributed by atoms with Gasteiger partial charge in [0.25, 0.3) is 0 Å². The average Bonchev–Trinajstić information content (AvgIpc) is 3.14. The highest BCUT2D eigenvalue weighted by Gasteiger charge is 2.15. The fraction of sp³-hybridized carbons (Fsp3) is 0.607. The van der Waals surface area contributed by atoms with Gasteiger partial charge >= 0.3 is 0 Å². The smallest absolute Gasteiger partial charge is 0.214 e. The number of hydrogen-bond acceptors (Lipinski definition) is 5. The molecule has 1 amide bonds. The Kier molecular flexibility index (Phi) is 14.2. The summed E-state index contributed by atoms with van der Waals surface area (Å²) in [6.07, 6.45) is 13.8. The first-order valence-electron chi connectivity index (χ1n) is 13.3. The van der Waals surface area contributed by atoms with Crippen molar-refractivity contribution >= 4 is 23.9 Å². The molecule has 0 aliphatic rings. The van der Waals surface area contributed by atoms with Crippen LogP contribution in [0, 0.1) is 0 Å². The molecule has 0 fully saturated rings. The van der Waals surface area contributed by atoms with Gasteiger partial charge in [0.2, 0.25) is 12.3 Å². The zero-order chi connectivity index (χ0) is 25.3. The van der Waals surface area contributed by atoms with Gasteiger partial charge in [-0.25, -0.2) is 0 Å². The molecule has 196 valence electrons. The number of thioether (sulfide) groups is 1. The second kappa shape index (κ2) is 17.2. The Balaban J connectivity index is 1.76. The third-order valence-electron chi connectivity index (χ3n) is 6.15. The van der Waals surface area contributed by atoms with Gasteiger partial charge in [-0.05, 0) is 37.1 Å². The van der Waals surface area contributed by atoms with Crippen LogP contribution >= 0.6 is 11.8 Å². The molecule has 0 saturated carbocycles. The summed E-state index contributed by atoms with van der Waals surface area (Å²) in [5.41, 5.74) is 0.808. The van der Waals surface area contributed by atoms with Crippen LogP contribution in [0.2, 0.25) is 0 Å². The Morgan fingerprint density at radius 3 is 2.20 bits per heavy atom. The summed E-state index contributed by atoms with van der Waals surface area (Å²) >= 11 is 1.44. The van der Waals surface area contributed by atoms with E-state index in [-0.39, 0.29) is 11.8 Å². The Morgan fingerprint density at radius 1 is 0.914 bits per heavy atom. The van der Waals surface area contributed by atoms with Gasteiger partial charge in [0.1, 0.15) is 5.75 Å². The summed E-state index contributed by atoms with van der Waals surface area (Å²) in [5.74, 6) is 1.61. The Labute approximate surface area is 215 Å². The molecule has 0 atom stereocenters. The van der Waals surface area contributed by atoms with E-state index in [2.05, 4.69) is 13.8 Å². The third kappa shape index (κ3) is 10.5. The highest BCUT2D eigenvalue weighted by molar-refractivity contribution is 7.99. The molecule has 0 aliphatic heterocycles. The van der Waals surface area contributed by atoms with Crippen molar-refractivity contribution in [3.8, 4) is 17.5 Å². The van der Waals surface area contributed by atoms with E-state index in [9.17, 15) is 15.0 Å². The van der Waals surface area contributed by atoms with Crippen molar-refractivity contribution in [2.24, 2.45) is 0 Å². The van der Waals surface area contributed by atoms with Crippen LogP contribution in [0.25, 0.3) is 0 Å². The molecule has 0 aliphatic carbocycles. The second-order valence-electron chi connectivity index (χ2n) is 9.01. The maximum Gasteiger partial charge on any atom is 0.214 e. The monoisotopic (exact) mass is 504 g/mol. The first-order chi connectivity index (χ1) is 17.1. The molecule has 2 rings (SSSR count). The van der Waals surface area contributed by atoms with Crippen LogP contribution < -0.4 is 9.64 Å². The van der Waals surface area contributed by atoms with Gasteiger partial charge in [0, 0.05) is 30.6 Å². The Bertz CT molecular complexity index is 838. The minimum atomic E-state index is 0.0912. The number of hydrogen-bond donors (Lipinski definition) is 2. The van der Waals surface area contributed by atoms with E-state index in [0.29, 0.717) is 30.3 Å². The molecular weight excluding hydrogens is 460 g/mol. The van der Waals surface area contributed by atoms with Crippen molar-refractivity contribution in [3.63, 3.8) is 0 Å². The number of rotatable bonds is 20. The number of nitrogens with zero attached hydrogens (tertiary/aromatic N) is 2. The van der Waals surface area contributed by atoms with E-state index < -0.39 is 0 Å². The standard InChI is InChI=1S/C28H44N2O4S/c1-3-5-7-9-10-11-12-18-30-27(32)22-26(28(30)33)35-21-19-29(23-31)24-14-16-25(17-15-24)34-20-13-8-6-4-2/h14-17,22-23,32-33H,3-13,18-21H2,1-2H3. The number of carbonyl (C=O) groups excluding carboxylic acids is 1. The van der Waals surface area contributed by atoms with Crippen LogP contribution in [-0.2, 0) is 11.3 Å². The first-order valence-corrected chi connectivity index (χ1v) is 14.3. The molecule has 1 aromatic heterocycles. The molecule has 2 aromatic rings. The maximum absolute atomic E-state index is 11.7. The molecule has 6 nitrogen and oxygen atoms in total. The van der Waals surface area contributed by atoms with E-state index in [0.717, 1.165) is 37.1 Å². The molecular formula is C28H44N2O4S. The number of anilines is 1. The number of aromatic nitrogens is 1. The topological polar surface area (TPSA) is 74.9 Å². The fourth-order valence-electron chi connectivity index (χ4n) is 4.00. The Hall–Kier alpha value is -2.28. The summed E-state index contributed by atoms with van der Waals surface area (Å²) in [7, 11) is 0. The second-order valence-corrected chi connectivity index (χ2v) is 10.2. The number of benzene rings is 1. The zero-order valence-electron chi connectivity index (χ0n) is 21.6. The van der Waals surface area contributed by atoms with Crippen LogP contribution in [0.5, 0.6) is 17.5 Å². The van der Waals surface area contributed by atoms with E-state index in [1.165, 1.54) is 63.1 Å². The minimum absolute atomic E-state index is 0.0912. The summed E-state index contributed by atoms with van der Waals surface area (Å²) in [6, 6.07) is 9.18. The molecule has 0 bridgehead atoms. The predicted octanol–water partition coefficient (Wildman–Crippen LogP) is 7.36. The highest BCUT2D eigenvalue weighted by atomic mass is 32.2. The van der Waals surface area contributed by atoms with Gasteiger partial charge in [-0.1, -0.05) is 71.6 Å². The average molecular weight is 505 g/mol. The molecule has 0 unspecified atom stereocenters. The van der Waals surface area contributed by atoms with Gasteiger partial charge in [0.15, 0.2) is 5.88 Å². The normalized spacial score (nSPS) is 11.0. The van der Waals surface area contributed by atoms with Crippen molar-refractivity contribution in [3.05, 3.63) is 30.3 Å². The van der Waals surface area contributed by atoms with Crippen LogP contribution in [0.15, 0.2) is 35.2 Å². The van der Waals surface area contributed by atoms with Crippen molar-refractivity contribution < 1.29 is 19.7 Å². The molecule has 0 radical (unpaired) electrons. The van der Waals surface area contributed by atoms with Crippen LogP contribution in [0.4, 0.5) is 5.69 Å². The van der Waals surface area contributed by atoms with Crippen LogP contribution in [0.3, 0.4) is 0 Å². The summed E-state index contributed by atoms with van der Waals surface area (Å²) in [5, 5.41) is 20.8. The summed E-state index contributed by atoms with van der Waals surface area (Å²) < 4.78 is 7.36. The van der Waals surface area contributed by atoms with Crippen LogP contribution in [-0.4, -0.2) is 40.1 Å². The molecule has 1 heterocycles. The molecule has 1 aromatic carbocycles. The van der Waals surface area contributed by atoms with E-state index in [4.69, 9.17) is 4.74 Å². The highest BCUT2D eigenvalue weighted by Crippen LogP contribution is 2.36. The maximum atomic E-state index is 11.7. The lowest BCUT2D eigenvalue weighted by atomic mass is 10.1. The zero-order valence-corrected chi connectivity index (χ0v) is 22.4. The number of carbonyl (C=O) groups is 1. The lowest BCUT2D eigenvalue weighted by Crippen LogP contribution is -2.23. The van der Waals surface area contributed by atoms with Gasteiger partial charge < -0.3 is 19.8 Å². The lowest BCUT2D eigenvalue weighted by molar-refractivity contribution is -0.107. The lowest BCUT2D eigenvalue weighted by Gasteiger charge is -2.17. The molecule has 7 heteroatoms. The molecule has 35 heavy (non-hydrogen) atoms. The number of aromatic hydroxyl groups is 2. The van der Waals surface area contributed by atoms with Gasteiger partial charge in [-0.2, -0.15) is 0 Å². The van der Waals surface area contributed by atoms with E-state index >= 15 is 0 Å². The molecule has 0 spiro atoms. The van der Waals surface area contributed by atoms with Crippen molar-refractivity contribution in [2.75, 3.05) is 23.8 Å². The van der Waals surface area contributed by atoms with Crippen molar-refractivity contribution in [1.82, 2.24) is 4.57 Å². The van der Waals surface area contributed by atoms with Crippen LogP contribution in [0.1, 0.15) is 84.5 Å². The first kappa shape index (κ1) is 29.0. The number of unbranched alkanes of at least 4 members (excludes halogenated alkanes) is 9. The van der Waals surface area contributed by atoms with E-state index in [1.54, 1.807) is 15.5 Å². The predicted molar refractivity (Wildman–Crippen MR) is 146 cm³/mol. The largest absolute Gasteiger partial charge is 0.494 e. The van der Waals surface area contributed by atoms with Crippen molar-refractivity contribution in [2.45, 2.75) is 95.9 Å².